The van der Waals surface area contributed by atoms with E-state index in [0.29, 0.717) is 24.4 Å². The molecular weight excluding hydrogens is 430 g/mol. The molecule has 2 aliphatic carbocycles. The molecule has 34 heavy (non-hydrogen) atoms. The second-order valence-corrected chi connectivity index (χ2v) is 9.08. The molecule has 0 spiro atoms. The molecule has 1 unspecified atom stereocenters. The predicted octanol–water partition coefficient (Wildman–Crippen LogP) is 4.42. The minimum atomic E-state index is -0.433. The van der Waals surface area contributed by atoms with Crippen molar-refractivity contribution in [2.24, 2.45) is 17.8 Å². The van der Waals surface area contributed by atoms with Gasteiger partial charge in [-0.25, -0.2) is 4.68 Å². The maximum atomic E-state index is 12.7. The summed E-state index contributed by atoms with van der Waals surface area (Å²) in [6.45, 7) is -0.376. The zero-order valence-electron chi connectivity index (χ0n) is 18.9. The van der Waals surface area contributed by atoms with Gasteiger partial charge in [0, 0.05) is 23.5 Å². The van der Waals surface area contributed by atoms with Crippen molar-refractivity contribution in [3.8, 4) is 16.9 Å². The Balaban J connectivity index is 1.26. The monoisotopic (exact) mass is 457 g/mol. The summed E-state index contributed by atoms with van der Waals surface area (Å²) in [6, 6.07) is 21.0. The smallest absolute Gasteiger partial charge is 0.309 e. The van der Waals surface area contributed by atoms with Crippen LogP contribution in [0.4, 0.5) is 5.82 Å². The number of nitrogens with one attached hydrogen (secondary N) is 1. The maximum absolute atomic E-state index is 12.7. The van der Waals surface area contributed by atoms with Gasteiger partial charge in [-0.15, -0.1) is 0 Å². The number of hydrogen-bond acceptors (Lipinski definition) is 5. The van der Waals surface area contributed by atoms with Crippen LogP contribution >= 0.6 is 0 Å². The van der Waals surface area contributed by atoms with Crippen molar-refractivity contribution in [3.05, 3.63) is 66.7 Å². The van der Waals surface area contributed by atoms with Crippen LogP contribution in [0.15, 0.2) is 66.7 Å². The van der Waals surface area contributed by atoms with E-state index in [-0.39, 0.29) is 30.3 Å². The van der Waals surface area contributed by atoms with Crippen molar-refractivity contribution in [1.29, 1.82) is 0 Å². The Labute approximate surface area is 198 Å². The first-order valence-corrected chi connectivity index (χ1v) is 11.8. The van der Waals surface area contributed by atoms with Crippen molar-refractivity contribution >= 4 is 23.5 Å². The lowest BCUT2D eigenvalue weighted by molar-refractivity contribution is -0.155. The SMILES string of the molecule is O=C(COC(=O)C1C[C@H]2CCC[C@@H](C1)C2=O)Nc1cc(-c2ccccc2)nn1-c1ccccc1. The first-order chi connectivity index (χ1) is 16.6. The molecule has 3 aromatic rings. The highest BCUT2D eigenvalue weighted by atomic mass is 16.5. The molecule has 2 aliphatic rings. The second kappa shape index (κ2) is 9.63. The van der Waals surface area contributed by atoms with Crippen LogP contribution in [0.5, 0.6) is 0 Å². The number of nitrogens with zero attached hydrogens (tertiary/aromatic N) is 2. The van der Waals surface area contributed by atoms with E-state index >= 15 is 0 Å². The Hall–Kier alpha value is -3.74. The summed E-state index contributed by atoms with van der Waals surface area (Å²) in [5, 5.41) is 7.51. The predicted molar refractivity (Wildman–Crippen MR) is 127 cm³/mol. The van der Waals surface area contributed by atoms with E-state index in [1.165, 1.54) is 0 Å². The highest BCUT2D eigenvalue weighted by Crippen LogP contribution is 2.40. The number of rotatable bonds is 6. The number of Topliss-reactive ketones (excluding diaryl/α,β-unsaturated/α-hetero) is 1. The first-order valence-electron chi connectivity index (χ1n) is 11.8. The number of carbonyl (C=O) groups is 3. The fourth-order valence-corrected chi connectivity index (χ4v) is 5.09. The third kappa shape index (κ3) is 4.64. The molecule has 174 valence electrons. The molecule has 1 heterocycles. The molecule has 0 radical (unpaired) electrons. The Bertz CT molecular complexity index is 1170. The van der Waals surface area contributed by atoms with Gasteiger partial charge >= 0.3 is 5.97 Å². The summed E-state index contributed by atoms with van der Waals surface area (Å²) >= 11 is 0. The number of ketones is 1. The van der Waals surface area contributed by atoms with Gasteiger partial charge in [0.15, 0.2) is 6.61 Å². The summed E-state index contributed by atoms with van der Waals surface area (Å²) in [7, 11) is 0. The van der Waals surface area contributed by atoms with Crippen LogP contribution in [0.25, 0.3) is 16.9 Å². The molecule has 2 saturated carbocycles. The van der Waals surface area contributed by atoms with Gasteiger partial charge in [0.2, 0.25) is 0 Å². The lowest BCUT2D eigenvalue weighted by atomic mass is 9.67. The number of anilines is 1. The number of para-hydroxylation sites is 1. The third-order valence-corrected chi connectivity index (χ3v) is 6.77. The lowest BCUT2D eigenvalue weighted by Gasteiger charge is -2.36. The van der Waals surface area contributed by atoms with Gasteiger partial charge < -0.3 is 10.1 Å². The molecule has 7 heteroatoms. The van der Waals surface area contributed by atoms with Crippen molar-refractivity contribution in [2.45, 2.75) is 32.1 Å². The Morgan fingerprint density at radius 1 is 0.971 bits per heavy atom. The molecule has 1 aromatic heterocycles. The van der Waals surface area contributed by atoms with Gasteiger partial charge in [0.25, 0.3) is 5.91 Å². The van der Waals surface area contributed by atoms with Gasteiger partial charge in [0.05, 0.1) is 17.3 Å². The minimum Gasteiger partial charge on any atom is -0.455 e. The fraction of sp³-hybridized carbons (Fsp3) is 0.333. The number of ether oxygens (including phenoxy) is 1. The topological polar surface area (TPSA) is 90.3 Å². The fourth-order valence-electron chi connectivity index (χ4n) is 5.09. The highest BCUT2D eigenvalue weighted by Gasteiger charge is 2.41. The lowest BCUT2D eigenvalue weighted by Crippen LogP contribution is -2.40. The average molecular weight is 458 g/mol. The Kier molecular flexibility index (Phi) is 6.25. The summed E-state index contributed by atoms with van der Waals surface area (Å²) in [4.78, 5) is 37.6. The minimum absolute atomic E-state index is 0.0319. The molecule has 5 rings (SSSR count). The van der Waals surface area contributed by atoms with Gasteiger partial charge in [-0.3, -0.25) is 14.4 Å². The van der Waals surface area contributed by atoms with Crippen LogP contribution in [0.1, 0.15) is 32.1 Å². The van der Waals surface area contributed by atoms with E-state index < -0.39 is 5.91 Å². The Morgan fingerprint density at radius 3 is 2.29 bits per heavy atom. The molecule has 7 nitrogen and oxygen atoms in total. The van der Waals surface area contributed by atoms with Crippen molar-refractivity contribution in [3.63, 3.8) is 0 Å². The molecule has 0 aliphatic heterocycles. The molecule has 2 aromatic carbocycles. The first kappa shape index (κ1) is 22.1. The van der Waals surface area contributed by atoms with Crippen LogP contribution in [-0.4, -0.2) is 34.0 Å². The van der Waals surface area contributed by atoms with Gasteiger partial charge in [-0.2, -0.15) is 5.10 Å². The standard InChI is InChI=1S/C27H27N3O4/c31-25(17-34-27(33)21-14-19-10-7-11-20(15-21)26(19)32)28-24-16-23(18-8-3-1-4-9-18)29-30(24)22-12-5-2-6-13-22/h1-6,8-9,12-13,16,19-21H,7,10-11,14-15,17H2,(H,28,31)/t19-,20+,21?. The number of hydrogen-bond donors (Lipinski definition) is 1. The second-order valence-electron chi connectivity index (χ2n) is 9.08. The number of carbonyl (C=O) groups excluding carboxylic acids is 3. The van der Waals surface area contributed by atoms with E-state index in [4.69, 9.17) is 4.74 Å². The van der Waals surface area contributed by atoms with Gasteiger partial charge in [-0.1, -0.05) is 55.0 Å². The third-order valence-electron chi connectivity index (χ3n) is 6.77. The zero-order chi connectivity index (χ0) is 23.5. The van der Waals surface area contributed by atoms with Crippen LogP contribution in [0.3, 0.4) is 0 Å². The number of aromatic nitrogens is 2. The average Bonchev–Trinajstić information content (AvgIpc) is 3.27. The number of esters is 1. The summed E-state index contributed by atoms with van der Waals surface area (Å²) in [6.07, 6.45) is 3.83. The molecule has 3 atom stereocenters. The highest BCUT2D eigenvalue weighted by molar-refractivity contribution is 5.93. The van der Waals surface area contributed by atoms with Gasteiger partial charge in [-0.05, 0) is 37.8 Å². The van der Waals surface area contributed by atoms with E-state index in [2.05, 4.69) is 10.4 Å². The van der Waals surface area contributed by atoms with Crippen molar-refractivity contribution in [1.82, 2.24) is 9.78 Å². The maximum Gasteiger partial charge on any atom is 0.309 e. The molecule has 2 bridgehead atoms. The van der Waals surface area contributed by atoms with E-state index in [1.807, 2.05) is 60.7 Å². The van der Waals surface area contributed by atoms with Crippen LogP contribution in [-0.2, 0) is 19.1 Å². The zero-order valence-corrected chi connectivity index (χ0v) is 18.9. The van der Waals surface area contributed by atoms with E-state index in [0.717, 1.165) is 36.2 Å². The van der Waals surface area contributed by atoms with Crippen molar-refractivity contribution in [2.75, 3.05) is 11.9 Å². The van der Waals surface area contributed by atoms with Gasteiger partial charge in [0.1, 0.15) is 11.6 Å². The van der Waals surface area contributed by atoms with Crippen LogP contribution in [0, 0.1) is 17.8 Å². The number of amides is 1. The van der Waals surface area contributed by atoms with Crippen LogP contribution in [0.2, 0.25) is 0 Å². The van der Waals surface area contributed by atoms with Crippen LogP contribution < -0.4 is 5.32 Å². The van der Waals surface area contributed by atoms with E-state index in [9.17, 15) is 14.4 Å². The number of fused-ring (bicyclic) bond motifs is 2. The molecule has 1 N–H and O–H groups in total. The molecular formula is C27H27N3O4. The molecule has 2 fully saturated rings. The largest absolute Gasteiger partial charge is 0.455 e. The van der Waals surface area contributed by atoms with E-state index in [1.54, 1.807) is 10.7 Å². The molecule has 0 saturated heterocycles. The molecule has 1 amide bonds. The normalized spacial score (nSPS) is 21.6. The quantitative estimate of drug-likeness (QED) is 0.554. The summed E-state index contributed by atoms with van der Waals surface area (Å²) in [5.41, 5.74) is 2.45. The summed E-state index contributed by atoms with van der Waals surface area (Å²) < 4.78 is 7.02. The summed E-state index contributed by atoms with van der Waals surface area (Å²) in [5.74, 6) is -0.398. The Morgan fingerprint density at radius 2 is 1.62 bits per heavy atom. The van der Waals surface area contributed by atoms with Crippen molar-refractivity contribution < 1.29 is 19.1 Å². The number of benzene rings is 2.